The highest BCUT2D eigenvalue weighted by molar-refractivity contribution is 5.49. The molecule has 3 aromatic heterocycles. The molecule has 0 radical (unpaired) electrons. The van der Waals surface area contributed by atoms with Gasteiger partial charge in [0.05, 0.1) is 11.4 Å². The van der Waals surface area contributed by atoms with E-state index in [1.54, 1.807) is 0 Å². The molecule has 0 fully saturated rings. The molecule has 1 aliphatic rings. The van der Waals surface area contributed by atoms with Gasteiger partial charge in [-0.25, -0.2) is 9.97 Å². The SMILES string of the molecule is NCc1c(-n2cnc3c2CCCC3)nc2ccccn12. The number of nitrogens with two attached hydrogens (primary N) is 1. The van der Waals surface area contributed by atoms with Gasteiger partial charge in [-0.2, -0.15) is 0 Å². The molecule has 0 unspecified atom stereocenters. The third kappa shape index (κ3) is 1.59. The molecule has 0 bridgehead atoms. The number of hydrogen-bond acceptors (Lipinski definition) is 3. The zero-order chi connectivity index (χ0) is 13.5. The van der Waals surface area contributed by atoms with Gasteiger partial charge in [0, 0.05) is 18.4 Å². The number of nitrogens with zero attached hydrogens (tertiary/aromatic N) is 4. The van der Waals surface area contributed by atoms with Crippen molar-refractivity contribution in [3.05, 3.63) is 47.8 Å². The predicted molar refractivity (Wildman–Crippen MR) is 76.8 cm³/mol. The van der Waals surface area contributed by atoms with Crippen LogP contribution in [0.2, 0.25) is 0 Å². The summed E-state index contributed by atoms with van der Waals surface area (Å²) < 4.78 is 4.19. The van der Waals surface area contributed by atoms with Crippen LogP contribution in [-0.4, -0.2) is 18.9 Å². The minimum absolute atomic E-state index is 0.466. The van der Waals surface area contributed by atoms with Crippen LogP contribution >= 0.6 is 0 Å². The van der Waals surface area contributed by atoms with E-state index in [9.17, 15) is 0 Å². The van der Waals surface area contributed by atoms with Gasteiger partial charge in [0.25, 0.3) is 0 Å². The van der Waals surface area contributed by atoms with Crippen LogP contribution in [0.25, 0.3) is 11.5 Å². The first-order chi connectivity index (χ1) is 9.88. The molecule has 5 heteroatoms. The second kappa shape index (κ2) is 4.45. The molecule has 0 saturated carbocycles. The number of hydrogen-bond donors (Lipinski definition) is 1. The van der Waals surface area contributed by atoms with Crippen LogP contribution in [0.4, 0.5) is 0 Å². The number of pyridine rings is 1. The number of aromatic nitrogens is 4. The fraction of sp³-hybridized carbons (Fsp3) is 0.333. The van der Waals surface area contributed by atoms with Gasteiger partial charge in [0.2, 0.25) is 0 Å². The van der Waals surface area contributed by atoms with Gasteiger partial charge < -0.3 is 10.1 Å². The molecule has 0 atom stereocenters. The minimum Gasteiger partial charge on any atom is -0.325 e. The molecule has 102 valence electrons. The Morgan fingerprint density at radius 2 is 2.10 bits per heavy atom. The van der Waals surface area contributed by atoms with E-state index < -0.39 is 0 Å². The van der Waals surface area contributed by atoms with Crippen LogP contribution in [0.3, 0.4) is 0 Å². The Kier molecular flexibility index (Phi) is 2.60. The minimum atomic E-state index is 0.466. The molecule has 5 nitrogen and oxygen atoms in total. The summed E-state index contributed by atoms with van der Waals surface area (Å²) in [7, 11) is 0. The molecular weight excluding hydrogens is 250 g/mol. The van der Waals surface area contributed by atoms with Crippen molar-refractivity contribution in [3.63, 3.8) is 0 Å². The van der Waals surface area contributed by atoms with Crippen LogP contribution in [0, 0.1) is 0 Å². The van der Waals surface area contributed by atoms with Crippen molar-refractivity contribution in [2.24, 2.45) is 5.73 Å². The molecule has 0 aliphatic heterocycles. The molecule has 20 heavy (non-hydrogen) atoms. The first kappa shape index (κ1) is 11.7. The monoisotopic (exact) mass is 267 g/mol. The largest absolute Gasteiger partial charge is 0.325 e. The summed E-state index contributed by atoms with van der Waals surface area (Å²) in [5.41, 5.74) is 10.4. The summed E-state index contributed by atoms with van der Waals surface area (Å²) in [6, 6.07) is 6.00. The van der Waals surface area contributed by atoms with Crippen molar-refractivity contribution < 1.29 is 0 Å². The normalized spacial score (nSPS) is 14.7. The van der Waals surface area contributed by atoms with Gasteiger partial charge in [-0.3, -0.25) is 4.57 Å². The summed E-state index contributed by atoms with van der Waals surface area (Å²) in [5, 5.41) is 0. The molecule has 4 rings (SSSR count). The molecule has 0 saturated heterocycles. The Hall–Kier alpha value is -2.14. The number of rotatable bonds is 2. The highest BCUT2D eigenvalue weighted by atomic mass is 15.2. The van der Waals surface area contributed by atoms with Crippen LogP contribution in [0.15, 0.2) is 30.7 Å². The smallest absolute Gasteiger partial charge is 0.162 e. The van der Waals surface area contributed by atoms with Crippen LogP contribution in [-0.2, 0) is 19.4 Å². The van der Waals surface area contributed by atoms with Gasteiger partial charge in [-0.15, -0.1) is 0 Å². The van der Waals surface area contributed by atoms with Crippen molar-refractivity contribution in [1.29, 1.82) is 0 Å². The van der Waals surface area contributed by atoms with Gasteiger partial charge in [0.15, 0.2) is 5.82 Å². The Morgan fingerprint density at radius 3 is 3.00 bits per heavy atom. The van der Waals surface area contributed by atoms with E-state index in [4.69, 9.17) is 10.7 Å². The third-order valence-corrected chi connectivity index (χ3v) is 4.06. The lowest BCUT2D eigenvalue weighted by Gasteiger charge is -2.13. The van der Waals surface area contributed by atoms with E-state index >= 15 is 0 Å². The second-order valence-electron chi connectivity index (χ2n) is 5.23. The van der Waals surface area contributed by atoms with Crippen molar-refractivity contribution >= 4 is 5.65 Å². The Morgan fingerprint density at radius 1 is 1.20 bits per heavy atom. The molecule has 1 aliphatic carbocycles. The molecule has 0 spiro atoms. The van der Waals surface area contributed by atoms with E-state index in [0.29, 0.717) is 6.54 Å². The summed E-state index contributed by atoms with van der Waals surface area (Å²) in [6.45, 7) is 0.466. The molecular formula is C15H17N5. The van der Waals surface area contributed by atoms with Crippen LogP contribution < -0.4 is 5.73 Å². The maximum absolute atomic E-state index is 5.95. The average molecular weight is 267 g/mol. The molecule has 0 amide bonds. The maximum Gasteiger partial charge on any atom is 0.162 e. The zero-order valence-corrected chi connectivity index (χ0v) is 11.3. The van der Waals surface area contributed by atoms with E-state index in [1.807, 2.05) is 30.7 Å². The van der Waals surface area contributed by atoms with Crippen molar-refractivity contribution in [3.8, 4) is 5.82 Å². The first-order valence-electron chi connectivity index (χ1n) is 7.10. The van der Waals surface area contributed by atoms with Gasteiger partial charge in [-0.05, 0) is 37.8 Å². The van der Waals surface area contributed by atoms with Gasteiger partial charge in [-0.1, -0.05) is 6.07 Å². The maximum atomic E-state index is 5.95. The quantitative estimate of drug-likeness (QED) is 0.771. The Bertz CT molecular complexity index is 768. The molecule has 0 aromatic carbocycles. The third-order valence-electron chi connectivity index (χ3n) is 4.06. The van der Waals surface area contributed by atoms with E-state index in [-0.39, 0.29) is 0 Å². The summed E-state index contributed by atoms with van der Waals surface area (Å²) in [5.74, 6) is 0.925. The molecule has 3 heterocycles. The van der Waals surface area contributed by atoms with Gasteiger partial charge in [0.1, 0.15) is 12.0 Å². The topological polar surface area (TPSA) is 61.1 Å². The average Bonchev–Trinajstić information content (AvgIpc) is 3.07. The number of aryl methyl sites for hydroxylation is 1. The van der Waals surface area contributed by atoms with E-state index in [0.717, 1.165) is 30.0 Å². The Balaban J connectivity index is 1.96. The highest BCUT2D eigenvalue weighted by Gasteiger charge is 2.20. The summed E-state index contributed by atoms with van der Waals surface area (Å²) in [6.07, 6.45) is 8.53. The van der Waals surface area contributed by atoms with Gasteiger partial charge >= 0.3 is 0 Å². The Labute approximate surface area is 117 Å². The van der Waals surface area contributed by atoms with Crippen molar-refractivity contribution in [2.45, 2.75) is 32.2 Å². The summed E-state index contributed by atoms with van der Waals surface area (Å²) >= 11 is 0. The highest BCUT2D eigenvalue weighted by Crippen LogP contribution is 2.25. The first-order valence-corrected chi connectivity index (χ1v) is 7.10. The molecule has 3 aromatic rings. The lowest BCUT2D eigenvalue weighted by atomic mass is 10.0. The lowest BCUT2D eigenvalue weighted by molar-refractivity contribution is 0.653. The summed E-state index contributed by atoms with van der Waals surface area (Å²) in [4.78, 5) is 9.29. The van der Waals surface area contributed by atoms with Crippen LogP contribution in [0.1, 0.15) is 29.9 Å². The van der Waals surface area contributed by atoms with E-state index in [2.05, 4.69) is 14.0 Å². The number of imidazole rings is 2. The fourth-order valence-electron chi connectivity index (χ4n) is 3.07. The van der Waals surface area contributed by atoms with Crippen molar-refractivity contribution in [1.82, 2.24) is 18.9 Å². The molecule has 2 N–H and O–H groups in total. The predicted octanol–water partition coefficient (Wildman–Crippen LogP) is 1.86. The van der Waals surface area contributed by atoms with E-state index in [1.165, 1.54) is 24.2 Å². The van der Waals surface area contributed by atoms with Crippen LogP contribution in [0.5, 0.6) is 0 Å². The lowest BCUT2D eigenvalue weighted by Crippen LogP contribution is -2.10. The zero-order valence-electron chi connectivity index (χ0n) is 11.3. The van der Waals surface area contributed by atoms with Crippen molar-refractivity contribution in [2.75, 3.05) is 0 Å². The number of fused-ring (bicyclic) bond motifs is 2. The fourth-order valence-corrected chi connectivity index (χ4v) is 3.07. The second-order valence-corrected chi connectivity index (χ2v) is 5.23. The standard InChI is InChI=1S/C15H17N5/c16-9-13-15(18-14-7-3-4-8-19(13)14)20-10-17-11-5-1-2-6-12(11)20/h3-4,7-8,10H,1-2,5-6,9,16H2.